The topological polar surface area (TPSA) is 109 Å². The molecule has 8 nitrogen and oxygen atoms in total. The maximum atomic E-state index is 12.6. The third kappa shape index (κ3) is 3.42. The Hall–Kier alpha value is -3.46. The fourth-order valence-electron chi connectivity index (χ4n) is 5.01. The van der Waals surface area contributed by atoms with Gasteiger partial charge in [-0.15, -0.1) is 0 Å². The number of aliphatic imine (C=N–C) groups is 1. The summed E-state index contributed by atoms with van der Waals surface area (Å²) in [6.45, 7) is 5.91. The van der Waals surface area contributed by atoms with E-state index in [4.69, 9.17) is 9.52 Å². The van der Waals surface area contributed by atoms with Gasteiger partial charge in [0.25, 0.3) is 0 Å². The SMILES string of the molecule is Cc1ccc2ncccc2c1C1C=C(c2c(C)noc2C)C=C2NC(NS(=O)(=O)C3CC3)=NC21. The Labute approximate surface area is 197 Å². The number of pyridine rings is 1. The third-order valence-electron chi connectivity index (χ3n) is 6.76. The summed E-state index contributed by atoms with van der Waals surface area (Å²) in [5, 5.41) is 8.11. The van der Waals surface area contributed by atoms with Crippen LogP contribution < -0.4 is 10.0 Å². The van der Waals surface area contributed by atoms with Crippen molar-refractivity contribution in [2.24, 2.45) is 4.99 Å². The van der Waals surface area contributed by atoms with Gasteiger partial charge in [-0.05, 0) is 68.5 Å². The largest absolute Gasteiger partial charge is 0.361 e. The number of aromatic nitrogens is 2. The highest BCUT2D eigenvalue weighted by molar-refractivity contribution is 7.90. The molecule has 0 radical (unpaired) electrons. The lowest BCUT2D eigenvalue weighted by atomic mass is 9.79. The molecule has 3 aliphatic rings. The van der Waals surface area contributed by atoms with E-state index in [2.05, 4.69) is 45.3 Å². The molecule has 174 valence electrons. The zero-order valence-electron chi connectivity index (χ0n) is 19.2. The number of guanidine groups is 1. The minimum atomic E-state index is -3.43. The summed E-state index contributed by atoms with van der Waals surface area (Å²) in [6, 6.07) is 7.84. The molecule has 0 bridgehead atoms. The zero-order valence-corrected chi connectivity index (χ0v) is 20.0. The van der Waals surface area contributed by atoms with Crippen LogP contribution in [0, 0.1) is 20.8 Å². The standard InChI is InChI=1S/C25H25N5O3S/c1-13-6-9-20-18(5-4-10-26-20)22(13)19-11-16(23-14(2)29-33-15(23)3)12-21-24(19)28-25(27-21)30-34(31,32)17-7-8-17/h4-6,9-12,17,19,24H,7-8H2,1-3H3,(H2,27,28,30). The molecular formula is C25H25N5O3S. The van der Waals surface area contributed by atoms with E-state index in [9.17, 15) is 8.42 Å². The highest BCUT2D eigenvalue weighted by Gasteiger charge is 2.40. The van der Waals surface area contributed by atoms with Crippen LogP contribution in [0.3, 0.4) is 0 Å². The van der Waals surface area contributed by atoms with Gasteiger partial charge in [0.2, 0.25) is 16.0 Å². The Morgan fingerprint density at radius 1 is 1.15 bits per heavy atom. The molecule has 3 heterocycles. The second-order valence-corrected chi connectivity index (χ2v) is 11.2. The summed E-state index contributed by atoms with van der Waals surface area (Å²) in [5.74, 6) is 0.882. The Bertz CT molecular complexity index is 1510. The van der Waals surface area contributed by atoms with Gasteiger partial charge in [0.15, 0.2) is 0 Å². The fraction of sp³-hybridized carbons (Fsp3) is 0.320. The van der Waals surface area contributed by atoms with Crippen LogP contribution in [0.1, 0.15) is 46.9 Å². The van der Waals surface area contributed by atoms with Gasteiger partial charge in [0, 0.05) is 28.8 Å². The average molecular weight is 476 g/mol. The van der Waals surface area contributed by atoms with E-state index in [-0.39, 0.29) is 23.2 Å². The van der Waals surface area contributed by atoms with Crippen molar-refractivity contribution in [3.63, 3.8) is 0 Å². The van der Waals surface area contributed by atoms with E-state index >= 15 is 0 Å². The lowest BCUT2D eigenvalue weighted by Gasteiger charge is -2.27. The second-order valence-electron chi connectivity index (χ2n) is 9.21. The van der Waals surface area contributed by atoms with E-state index in [1.807, 2.05) is 32.1 Å². The van der Waals surface area contributed by atoms with Gasteiger partial charge in [-0.3, -0.25) is 9.71 Å². The minimum absolute atomic E-state index is 0.132. The number of hydrogen-bond acceptors (Lipinski definition) is 7. The van der Waals surface area contributed by atoms with Crippen LogP contribution in [0.5, 0.6) is 0 Å². The van der Waals surface area contributed by atoms with Crippen molar-refractivity contribution in [2.45, 2.75) is 50.8 Å². The van der Waals surface area contributed by atoms with Crippen molar-refractivity contribution >= 4 is 32.5 Å². The minimum Gasteiger partial charge on any atom is -0.361 e. The van der Waals surface area contributed by atoms with Crippen molar-refractivity contribution in [1.29, 1.82) is 0 Å². The van der Waals surface area contributed by atoms with E-state index in [1.165, 1.54) is 0 Å². The summed E-state index contributed by atoms with van der Waals surface area (Å²) in [6.07, 6.45) is 7.39. The van der Waals surface area contributed by atoms with Gasteiger partial charge in [0.05, 0.1) is 16.5 Å². The number of allylic oxidation sites excluding steroid dienone is 2. The lowest BCUT2D eigenvalue weighted by Crippen LogP contribution is -2.39. The van der Waals surface area contributed by atoms with Crippen LogP contribution >= 0.6 is 0 Å². The molecule has 2 aromatic heterocycles. The summed E-state index contributed by atoms with van der Waals surface area (Å²) >= 11 is 0. The predicted molar refractivity (Wildman–Crippen MR) is 131 cm³/mol. The number of sulfonamides is 1. The summed E-state index contributed by atoms with van der Waals surface area (Å²) in [7, 11) is -3.43. The quantitative estimate of drug-likeness (QED) is 0.597. The number of hydrogen-bond donors (Lipinski definition) is 2. The molecule has 2 aliphatic carbocycles. The van der Waals surface area contributed by atoms with E-state index in [0.29, 0.717) is 12.8 Å². The Morgan fingerprint density at radius 2 is 1.97 bits per heavy atom. The van der Waals surface area contributed by atoms with Crippen LogP contribution in [0.4, 0.5) is 0 Å². The van der Waals surface area contributed by atoms with E-state index < -0.39 is 10.0 Å². The van der Waals surface area contributed by atoms with Crippen molar-refractivity contribution in [3.05, 3.63) is 76.5 Å². The van der Waals surface area contributed by atoms with Crippen LogP contribution in [0.15, 0.2) is 57.8 Å². The first-order valence-electron chi connectivity index (χ1n) is 11.4. The molecule has 0 amide bonds. The lowest BCUT2D eigenvalue weighted by molar-refractivity contribution is 0.393. The van der Waals surface area contributed by atoms with Gasteiger partial charge in [-0.25, -0.2) is 13.4 Å². The molecule has 1 aliphatic heterocycles. The highest BCUT2D eigenvalue weighted by atomic mass is 32.2. The van der Waals surface area contributed by atoms with Crippen LogP contribution in [0.2, 0.25) is 0 Å². The molecule has 2 N–H and O–H groups in total. The number of benzene rings is 1. The Balaban J connectivity index is 1.51. The van der Waals surface area contributed by atoms with Gasteiger partial charge >= 0.3 is 0 Å². The van der Waals surface area contributed by atoms with Crippen molar-refractivity contribution in [3.8, 4) is 0 Å². The van der Waals surface area contributed by atoms with Gasteiger partial charge < -0.3 is 9.84 Å². The van der Waals surface area contributed by atoms with Crippen molar-refractivity contribution < 1.29 is 12.9 Å². The normalized spacial score (nSPS) is 22.0. The van der Waals surface area contributed by atoms with Gasteiger partial charge in [0.1, 0.15) is 11.8 Å². The molecule has 6 rings (SSSR count). The van der Waals surface area contributed by atoms with Crippen molar-refractivity contribution in [2.75, 3.05) is 0 Å². The summed E-state index contributed by atoms with van der Waals surface area (Å²) in [4.78, 5) is 9.36. The second kappa shape index (κ2) is 7.53. The fourth-order valence-corrected chi connectivity index (χ4v) is 6.31. The zero-order chi connectivity index (χ0) is 23.6. The molecular weight excluding hydrogens is 450 g/mol. The first kappa shape index (κ1) is 21.1. The monoisotopic (exact) mass is 475 g/mol. The summed E-state index contributed by atoms with van der Waals surface area (Å²) < 4.78 is 33.3. The molecule has 3 aromatic rings. The predicted octanol–water partition coefficient (Wildman–Crippen LogP) is 3.62. The maximum Gasteiger partial charge on any atom is 0.237 e. The van der Waals surface area contributed by atoms with Gasteiger partial charge in [-0.1, -0.05) is 23.4 Å². The number of nitrogens with one attached hydrogen (secondary N) is 2. The number of rotatable bonds is 4. The molecule has 2 unspecified atom stereocenters. The first-order chi connectivity index (χ1) is 16.3. The number of nitrogens with zero attached hydrogens (tertiary/aromatic N) is 3. The Kier molecular flexibility index (Phi) is 4.67. The van der Waals surface area contributed by atoms with Crippen LogP contribution in [-0.2, 0) is 10.0 Å². The highest BCUT2D eigenvalue weighted by Crippen LogP contribution is 2.42. The maximum absolute atomic E-state index is 12.6. The van der Waals surface area contributed by atoms with E-state index in [1.54, 1.807) is 6.20 Å². The number of fused-ring (bicyclic) bond motifs is 2. The molecule has 2 atom stereocenters. The smallest absolute Gasteiger partial charge is 0.237 e. The first-order valence-corrected chi connectivity index (χ1v) is 12.9. The third-order valence-corrected chi connectivity index (χ3v) is 8.59. The summed E-state index contributed by atoms with van der Waals surface area (Å²) in [5.41, 5.74) is 6.74. The van der Waals surface area contributed by atoms with Gasteiger partial charge in [-0.2, -0.15) is 0 Å². The van der Waals surface area contributed by atoms with E-state index in [0.717, 1.165) is 50.3 Å². The average Bonchev–Trinajstić information content (AvgIpc) is 3.52. The molecule has 9 heteroatoms. The molecule has 1 saturated carbocycles. The van der Waals surface area contributed by atoms with Crippen LogP contribution in [0.25, 0.3) is 16.5 Å². The molecule has 0 spiro atoms. The Morgan fingerprint density at radius 3 is 2.71 bits per heavy atom. The molecule has 0 saturated heterocycles. The van der Waals surface area contributed by atoms with Crippen molar-refractivity contribution in [1.82, 2.24) is 20.2 Å². The molecule has 34 heavy (non-hydrogen) atoms. The number of aryl methyl sites for hydroxylation is 3. The molecule has 1 aromatic carbocycles. The van der Waals surface area contributed by atoms with Crippen LogP contribution in [-0.4, -0.2) is 35.8 Å². The molecule has 1 fully saturated rings.